The SMILES string of the molecule is COC(=O)C=Cc1cc(OC(C)C)nn1Cc1ncc(C(F)(F)F)cc1Cl. The van der Waals surface area contributed by atoms with E-state index in [2.05, 4.69) is 14.8 Å². The van der Waals surface area contributed by atoms with Gasteiger partial charge in [-0.15, -0.1) is 5.10 Å². The van der Waals surface area contributed by atoms with Crippen molar-refractivity contribution in [2.75, 3.05) is 7.11 Å². The van der Waals surface area contributed by atoms with Gasteiger partial charge in [-0.05, 0) is 26.0 Å². The Morgan fingerprint density at radius 3 is 2.63 bits per heavy atom. The number of rotatable bonds is 6. The summed E-state index contributed by atoms with van der Waals surface area (Å²) in [6.07, 6.45) is -1.33. The van der Waals surface area contributed by atoms with Crippen molar-refractivity contribution in [2.45, 2.75) is 32.7 Å². The van der Waals surface area contributed by atoms with Gasteiger partial charge in [-0.25, -0.2) is 4.79 Å². The first kappa shape index (κ1) is 20.8. The smallest absolute Gasteiger partial charge is 0.417 e. The minimum Gasteiger partial charge on any atom is -0.474 e. The van der Waals surface area contributed by atoms with Crippen LogP contribution in [0, 0.1) is 0 Å². The summed E-state index contributed by atoms with van der Waals surface area (Å²) >= 11 is 5.95. The summed E-state index contributed by atoms with van der Waals surface area (Å²) in [7, 11) is 1.24. The molecule has 0 saturated heterocycles. The summed E-state index contributed by atoms with van der Waals surface area (Å²) < 4.78 is 49.7. The molecular weight excluding hydrogens is 387 g/mol. The van der Waals surface area contributed by atoms with Gasteiger partial charge in [-0.2, -0.15) is 13.2 Å². The third-order valence-corrected chi connectivity index (χ3v) is 3.61. The lowest BCUT2D eigenvalue weighted by Crippen LogP contribution is -2.11. The molecule has 2 aromatic rings. The van der Waals surface area contributed by atoms with Gasteiger partial charge >= 0.3 is 12.1 Å². The molecule has 27 heavy (non-hydrogen) atoms. The number of carbonyl (C=O) groups excluding carboxylic acids is 1. The lowest BCUT2D eigenvalue weighted by molar-refractivity contribution is -0.138. The molecule has 0 atom stereocenters. The second-order valence-electron chi connectivity index (χ2n) is 5.74. The van der Waals surface area contributed by atoms with E-state index in [0.717, 1.165) is 6.07 Å². The van der Waals surface area contributed by atoms with Gasteiger partial charge in [0.25, 0.3) is 0 Å². The largest absolute Gasteiger partial charge is 0.474 e. The highest BCUT2D eigenvalue weighted by Gasteiger charge is 2.31. The highest BCUT2D eigenvalue weighted by Crippen LogP contribution is 2.31. The Labute approximate surface area is 158 Å². The fourth-order valence-corrected chi connectivity index (χ4v) is 2.29. The predicted octanol–water partition coefficient (Wildman–Crippen LogP) is 3.97. The minimum atomic E-state index is -4.53. The number of hydrogen-bond acceptors (Lipinski definition) is 5. The van der Waals surface area contributed by atoms with Gasteiger partial charge in [0.2, 0.25) is 5.88 Å². The van der Waals surface area contributed by atoms with Crippen LogP contribution in [0.15, 0.2) is 24.4 Å². The molecule has 0 fully saturated rings. The Balaban J connectivity index is 2.34. The highest BCUT2D eigenvalue weighted by atomic mass is 35.5. The maximum atomic E-state index is 12.7. The van der Waals surface area contributed by atoms with Crippen LogP contribution in [0.5, 0.6) is 5.88 Å². The molecular formula is C17H17ClF3N3O3. The van der Waals surface area contributed by atoms with E-state index < -0.39 is 17.7 Å². The van der Waals surface area contributed by atoms with E-state index in [1.54, 1.807) is 6.07 Å². The van der Waals surface area contributed by atoms with Gasteiger partial charge in [0, 0.05) is 18.3 Å². The normalized spacial score (nSPS) is 12.0. The third kappa shape index (κ3) is 5.72. The number of alkyl halides is 3. The Morgan fingerprint density at radius 1 is 1.37 bits per heavy atom. The number of pyridine rings is 1. The van der Waals surface area contributed by atoms with E-state index in [-0.39, 0.29) is 29.2 Å². The van der Waals surface area contributed by atoms with E-state index in [0.29, 0.717) is 11.9 Å². The molecule has 2 rings (SSSR count). The molecule has 0 radical (unpaired) electrons. The number of hydrogen-bond donors (Lipinski definition) is 0. The van der Waals surface area contributed by atoms with Gasteiger partial charge in [0.15, 0.2) is 0 Å². The van der Waals surface area contributed by atoms with E-state index in [4.69, 9.17) is 16.3 Å². The lowest BCUT2D eigenvalue weighted by Gasteiger charge is -2.10. The standard InChI is InChI=1S/C17H17ClF3N3O3/c1-10(2)27-15-7-12(4-5-16(25)26-3)24(23-15)9-14-13(18)6-11(8-22-14)17(19,20)21/h4-8,10H,9H2,1-3H3. The predicted molar refractivity (Wildman–Crippen MR) is 92.4 cm³/mol. The molecule has 0 aliphatic rings. The van der Waals surface area contributed by atoms with Crippen molar-refractivity contribution >= 4 is 23.6 Å². The van der Waals surface area contributed by atoms with Crippen molar-refractivity contribution in [3.05, 3.63) is 46.4 Å². The van der Waals surface area contributed by atoms with Crippen LogP contribution in [0.1, 0.15) is 30.8 Å². The summed E-state index contributed by atoms with van der Waals surface area (Å²) in [5.41, 5.74) is -0.281. The zero-order valence-corrected chi connectivity index (χ0v) is 15.5. The summed E-state index contributed by atoms with van der Waals surface area (Å²) in [4.78, 5) is 15.1. The number of esters is 1. The van der Waals surface area contributed by atoms with Crippen LogP contribution in [0.4, 0.5) is 13.2 Å². The van der Waals surface area contributed by atoms with E-state index >= 15 is 0 Å². The van der Waals surface area contributed by atoms with Gasteiger partial charge in [-0.1, -0.05) is 11.6 Å². The number of nitrogens with zero attached hydrogens (tertiary/aromatic N) is 3. The molecule has 0 saturated carbocycles. The fraction of sp³-hybridized carbons (Fsp3) is 0.353. The van der Waals surface area contributed by atoms with Crippen molar-refractivity contribution in [3.63, 3.8) is 0 Å². The van der Waals surface area contributed by atoms with E-state index in [1.807, 2.05) is 13.8 Å². The molecule has 0 amide bonds. The Bertz CT molecular complexity index is 848. The van der Waals surface area contributed by atoms with Crippen LogP contribution in [0.2, 0.25) is 5.02 Å². The summed E-state index contributed by atoms with van der Waals surface area (Å²) in [6, 6.07) is 2.39. The van der Waals surface area contributed by atoms with Gasteiger partial charge < -0.3 is 9.47 Å². The van der Waals surface area contributed by atoms with Crippen LogP contribution in [0.3, 0.4) is 0 Å². The van der Waals surface area contributed by atoms with E-state index in [9.17, 15) is 18.0 Å². The topological polar surface area (TPSA) is 66.2 Å². The average molecular weight is 404 g/mol. The molecule has 10 heteroatoms. The van der Waals surface area contributed by atoms with Crippen LogP contribution in [-0.2, 0) is 22.3 Å². The number of methoxy groups -OCH3 is 1. The van der Waals surface area contributed by atoms with Crippen molar-refractivity contribution in [1.29, 1.82) is 0 Å². The number of halogens is 4. The van der Waals surface area contributed by atoms with Crippen molar-refractivity contribution in [2.24, 2.45) is 0 Å². The zero-order chi connectivity index (χ0) is 20.2. The Morgan fingerprint density at radius 2 is 2.07 bits per heavy atom. The summed E-state index contributed by atoms with van der Waals surface area (Å²) in [5, 5.41) is 4.09. The lowest BCUT2D eigenvalue weighted by atomic mass is 10.2. The van der Waals surface area contributed by atoms with Crippen LogP contribution >= 0.6 is 11.6 Å². The molecule has 2 heterocycles. The molecule has 146 valence electrons. The molecule has 0 unspecified atom stereocenters. The highest BCUT2D eigenvalue weighted by molar-refractivity contribution is 6.31. The summed E-state index contributed by atoms with van der Waals surface area (Å²) in [6.45, 7) is 3.62. The first-order valence-electron chi connectivity index (χ1n) is 7.82. The molecule has 0 aliphatic heterocycles. The van der Waals surface area contributed by atoms with Gasteiger partial charge in [0.05, 0.1) is 41.7 Å². The van der Waals surface area contributed by atoms with Crippen molar-refractivity contribution in [1.82, 2.24) is 14.8 Å². The molecule has 0 bridgehead atoms. The zero-order valence-electron chi connectivity index (χ0n) is 14.7. The second kappa shape index (κ2) is 8.43. The molecule has 0 aromatic carbocycles. The van der Waals surface area contributed by atoms with Crippen LogP contribution in [0.25, 0.3) is 6.08 Å². The minimum absolute atomic E-state index is 0.0146. The number of ether oxygens (including phenoxy) is 2. The molecule has 6 nitrogen and oxygen atoms in total. The second-order valence-corrected chi connectivity index (χ2v) is 6.15. The van der Waals surface area contributed by atoms with Gasteiger partial charge in [0.1, 0.15) is 0 Å². The molecule has 0 N–H and O–H groups in total. The van der Waals surface area contributed by atoms with Gasteiger partial charge in [-0.3, -0.25) is 9.67 Å². The third-order valence-electron chi connectivity index (χ3n) is 3.28. The monoisotopic (exact) mass is 403 g/mol. The van der Waals surface area contributed by atoms with Crippen molar-refractivity contribution in [3.8, 4) is 5.88 Å². The number of aromatic nitrogens is 3. The molecule has 2 aromatic heterocycles. The van der Waals surface area contributed by atoms with Crippen LogP contribution < -0.4 is 4.74 Å². The maximum Gasteiger partial charge on any atom is 0.417 e. The molecule has 0 aliphatic carbocycles. The quantitative estimate of drug-likeness (QED) is 0.539. The average Bonchev–Trinajstić information content (AvgIpc) is 2.94. The summed E-state index contributed by atoms with van der Waals surface area (Å²) in [5.74, 6) is -0.280. The first-order valence-corrected chi connectivity index (χ1v) is 8.20. The molecule has 0 spiro atoms. The maximum absolute atomic E-state index is 12.7. The number of carbonyl (C=O) groups is 1. The Hall–Kier alpha value is -2.55. The van der Waals surface area contributed by atoms with Crippen LogP contribution in [-0.4, -0.2) is 33.9 Å². The fourth-order valence-electron chi connectivity index (χ4n) is 2.07. The van der Waals surface area contributed by atoms with Crippen molar-refractivity contribution < 1.29 is 27.4 Å². The Kier molecular flexibility index (Phi) is 6.48. The van der Waals surface area contributed by atoms with E-state index in [1.165, 1.54) is 23.9 Å². The first-order chi connectivity index (χ1) is 12.6.